The molecule has 1 N–H and O–H groups in total. The van der Waals surface area contributed by atoms with Crippen molar-refractivity contribution in [1.29, 1.82) is 0 Å². The van der Waals surface area contributed by atoms with Crippen LogP contribution in [0.2, 0.25) is 0 Å². The van der Waals surface area contributed by atoms with Crippen LogP contribution in [0.1, 0.15) is 44.6 Å². The highest BCUT2D eigenvalue weighted by Gasteiger charge is 2.27. The van der Waals surface area contributed by atoms with Gasteiger partial charge in [0.25, 0.3) is 0 Å². The minimum atomic E-state index is -3.24. The first-order valence-corrected chi connectivity index (χ1v) is 10.1. The maximum atomic E-state index is 12.2. The van der Waals surface area contributed by atoms with E-state index in [-0.39, 0.29) is 17.6 Å². The van der Waals surface area contributed by atoms with Gasteiger partial charge in [-0.15, -0.1) is 0 Å². The van der Waals surface area contributed by atoms with E-state index in [2.05, 4.69) is 5.32 Å². The van der Waals surface area contributed by atoms with Crippen molar-refractivity contribution in [2.45, 2.75) is 45.4 Å². The molecule has 0 radical (unpaired) electrons. The van der Waals surface area contributed by atoms with E-state index in [1.807, 2.05) is 18.2 Å². The van der Waals surface area contributed by atoms with E-state index < -0.39 is 10.0 Å². The lowest BCUT2D eigenvalue weighted by atomic mass is 10.0. The average Bonchev–Trinajstić information content (AvgIpc) is 3.08. The number of benzene rings is 1. The number of nitrogens with zero attached hydrogens (tertiary/aromatic N) is 1. The molecule has 1 aliphatic carbocycles. The van der Waals surface area contributed by atoms with E-state index in [4.69, 9.17) is 0 Å². The number of amides is 1. The van der Waals surface area contributed by atoms with E-state index in [9.17, 15) is 13.2 Å². The largest absolute Gasteiger partial charge is 0.326 e. The van der Waals surface area contributed by atoms with Gasteiger partial charge in [0, 0.05) is 18.2 Å². The molecule has 1 fully saturated rings. The van der Waals surface area contributed by atoms with Crippen LogP contribution in [-0.2, 0) is 21.2 Å². The second-order valence-electron chi connectivity index (χ2n) is 6.39. The Bertz CT molecular complexity index is 694. The SMILES string of the molecule is CCS(=O)(=O)N1CCCc2cc(NC(=O)C3CCCC3)ccc21. The van der Waals surface area contributed by atoms with Crippen molar-refractivity contribution in [1.82, 2.24) is 0 Å². The zero-order chi connectivity index (χ0) is 16.4. The third-order valence-electron chi connectivity index (χ3n) is 4.85. The van der Waals surface area contributed by atoms with Gasteiger partial charge < -0.3 is 5.32 Å². The van der Waals surface area contributed by atoms with Crippen LogP contribution in [0.3, 0.4) is 0 Å². The van der Waals surface area contributed by atoms with Gasteiger partial charge in [-0.3, -0.25) is 9.10 Å². The molecular formula is C17H24N2O3S. The molecule has 0 atom stereocenters. The summed E-state index contributed by atoms with van der Waals surface area (Å²) in [4.78, 5) is 12.2. The van der Waals surface area contributed by atoms with Crippen molar-refractivity contribution in [3.63, 3.8) is 0 Å². The quantitative estimate of drug-likeness (QED) is 0.919. The van der Waals surface area contributed by atoms with Gasteiger partial charge in [0.2, 0.25) is 15.9 Å². The summed E-state index contributed by atoms with van der Waals surface area (Å²) >= 11 is 0. The fourth-order valence-corrected chi connectivity index (χ4v) is 4.71. The summed E-state index contributed by atoms with van der Waals surface area (Å²) in [6.45, 7) is 2.21. The molecule has 0 bridgehead atoms. The van der Waals surface area contributed by atoms with Crippen LogP contribution in [-0.4, -0.2) is 26.6 Å². The summed E-state index contributed by atoms with van der Waals surface area (Å²) in [5.74, 6) is 0.325. The Morgan fingerprint density at radius 1 is 1.26 bits per heavy atom. The van der Waals surface area contributed by atoms with Gasteiger partial charge in [0.15, 0.2) is 0 Å². The Labute approximate surface area is 138 Å². The number of carbonyl (C=O) groups excluding carboxylic acids is 1. The van der Waals surface area contributed by atoms with E-state index in [1.165, 1.54) is 4.31 Å². The van der Waals surface area contributed by atoms with Crippen molar-refractivity contribution < 1.29 is 13.2 Å². The maximum Gasteiger partial charge on any atom is 0.234 e. The second-order valence-corrected chi connectivity index (χ2v) is 8.57. The molecule has 1 amide bonds. The fraction of sp³-hybridized carbons (Fsp3) is 0.588. The van der Waals surface area contributed by atoms with Crippen LogP contribution in [0.4, 0.5) is 11.4 Å². The number of hydrogen-bond acceptors (Lipinski definition) is 3. The summed E-state index contributed by atoms with van der Waals surface area (Å²) in [6, 6.07) is 5.57. The minimum absolute atomic E-state index is 0.0938. The van der Waals surface area contributed by atoms with Crippen LogP contribution in [0.25, 0.3) is 0 Å². The molecule has 6 heteroatoms. The predicted molar refractivity (Wildman–Crippen MR) is 92.2 cm³/mol. The molecular weight excluding hydrogens is 312 g/mol. The highest BCUT2D eigenvalue weighted by Crippen LogP contribution is 2.32. The summed E-state index contributed by atoms with van der Waals surface area (Å²) in [5, 5.41) is 2.99. The molecule has 1 aromatic rings. The summed E-state index contributed by atoms with van der Waals surface area (Å²) in [6.07, 6.45) is 5.86. The van der Waals surface area contributed by atoms with Gasteiger partial charge in [-0.05, 0) is 56.4 Å². The minimum Gasteiger partial charge on any atom is -0.326 e. The zero-order valence-corrected chi connectivity index (χ0v) is 14.4. The van der Waals surface area contributed by atoms with Gasteiger partial charge in [-0.1, -0.05) is 12.8 Å². The van der Waals surface area contributed by atoms with E-state index in [0.717, 1.165) is 55.5 Å². The highest BCUT2D eigenvalue weighted by atomic mass is 32.2. The Morgan fingerprint density at radius 2 is 2.00 bits per heavy atom. The first-order chi connectivity index (χ1) is 11.0. The third kappa shape index (κ3) is 3.37. The highest BCUT2D eigenvalue weighted by molar-refractivity contribution is 7.92. The number of fused-ring (bicyclic) bond motifs is 1. The first kappa shape index (κ1) is 16.3. The first-order valence-electron chi connectivity index (χ1n) is 8.45. The van der Waals surface area contributed by atoms with E-state index >= 15 is 0 Å². The molecule has 0 unspecified atom stereocenters. The van der Waals surface area contributed by atoms with Crippen LogP contribution < -0.4 is 9.62 Å². The number of hydrogen-bond donors (Lipinski definition) is 1. The van der Waals surface area contributed by atoms with Gasteiger partial charge in [0.1, 0.15) is 0 Å². The number of nitrogens with one attached hydrogen (secondary N) is 1. The molecule has 1 heterocycles. The van der Waals surface area contributed by atoms with Crippen molar-refractivity contribution in [3.8, 4) is 0 Å². The summed E-state index contributed by atoms with van der Waals surface area (Å²) in [5.41, 5.74) is 2.53. The normalized spacial score (nSPS) is 18.7. The van der Waals surface area contributed by atoms with Crippen molar-refractivity contribution in [3.05, 3.63) is 23.8 Å². The molecule has 2 aliphatic rings. The second kappa shape index (κ2) is 6.51. The molecule has 126 valence electrons. The van der Waals surface area contributed by atoms with Crippen molar-refractivity contribution in [2.75, 3.05) is 21.9 Å². The molecule has 0 saturated heterocycles. The maximum absolute atomic E-state index is 12.2. The Morgan fingerprint density at radius 3 is 2.70 bits per heavy atom. The molecule has 1 aliphatic heterocycles. The average molecular weight is 336 g/mol. The molecule has 5 nitrogen and oxygen atoms in total. The topological polar surface area (TPSA) is 66.5 Å². The molecule has 3 rings (SSSR count). The molecule has 0 aromatic heterocycles. The van der Waals surface area contributed by atoms with Gasteiger partial charge in [-0.25, -0.2) is 8.42 Å². The van der Waals surface area contributed by atoms with Gasteiger partial charge >= 0.3 is 0 Å². The van der Waals surface area contributed by atoms with Crippen molar-refractivity contribution >= 4 is 27.3 Å². The summed E-state index contributed by atoms with van der Waals surface area (Å²) in [7, 11) is -3.24. The van der Waals surface area contributed by atoms with Gasteiger partial charge in [0.05, 0.1) is 11.4 Å². The van der Waals surface area contributed by atoms with Crippen LogP contribution >= 0.6 is 0 Å². The lowest BCUT2D eigenvalue weighted by Crippen LogP contribution is -2.36. The standard InChI is InChI=1S/C17H24N2O3S/c1-2-23(21,22)19-11-5-8-14-12-15(9-10-16(14)19)18-17(20)13-6-3-4-7-13/h9-10,12-13H,2-8,11H2,1H3,(H,18,20). The Hall–Kier alpha value is -1.56. The van der Waals surface area contributed by atoms with Crippen LogP contribution in [0, 0.1) is 5.92 Å². The number of sulfonamides is 1. The van der Waals surface area contributed by atoms with E-state index in [0.29, 0.717) is 6.54 Å². The third-order valence-corrected chi connectivity index (χ3v) is 6.63. The molecule has 1 aromatic carbocycles. The molecule has 1 saturated carbocycles. The number of aryl methyl sites for hydroxylation is 1. The number of rotatable bonds is 4. The zero-order valence-electron chi connectivity index (χ0n) is 13.5. The number of anilines is 2. The van der Waals surface area contributed by atoms with Crippen LogP contribution in [0.15, 0.2) is 18.2 Å². The Balaban J connectivity index is 1.80. The molecule has 0 spiro atoms. The lowest BCUT2D eigenvalue weighted by Gasteiger charge is -2.30. The number of carbonyl (C=O) groups is 1. The van der Waals surface area contributed by atoms with Gasteiger partial charge in [-0.2, -0.15) is 0 Å². The van der Waals surface area contributed by atoms with Crippen molar-refractivity contribution in [2.24, 2.45) is 5.92 Å². The molecule has 23 heavy (non-hydrogen) atoms. The summed E-state index contributed by atoms with van der Waals surface area (Å²) < 4.78 is 25.9. The van der Waals surface area contributed by atoms with E-state index in [1.54, 1.807) is 6.92 Å². The Kier molecular flexibility index (Phi) is 4.62. The van der Waals surface area contributed by atoms with Crippen LogP contribution in [0.5, 0.6) is 0 Å². The monoisotopic (exact) mass is 336 g/mol. The smallest absolute Gasteiger partial charge is 0.234 e. The lowest BCUT2D eigenvalue weighted by molar-refractivity contribution is -0.119. The predicted octanol–water partition coefficient (Wildman–Crippen LogP) is 2.92. The fourth-order valence-electron chi connectivity index (χ4n) is 3.52.